The molecule has 2 rings (SSSR count). The van der Waals surface area contributed by atoms with E-state index in [1.165, 1.54) is 0 Å². The van der Waals surface area contributed by atoms with Crippen molar-refractivity contribution in [2.45, 2.75) is 6.42 Å². The number of carbonyl (C=O) groups is 1. The summed E-state index contributed by atoms with van der Waals surface area (Å²) < 4.78 is 0. The van der Waals surface area contributed by atoms with E-state index in [0.29, 0.717) is 5.92 Å². The molecule has 96 valence electrons. The first-order valence-electron chi connectivity index (χ1n) is 6.46. The van der Waals surface area contributed by atoms with Crippen molar-refractivity contribution < 1.29 is 4.79 Å². The van der Waals surface area contributed by atoms with Crippen molar-refractivity contribution in [2.75, 3.05) is 26.7 Å². The fourth-order valence-electron chi connectivity index (χ4n) is 2.33. The van der Waals surface area contributed by atoms with Gasteiger partial charge in [-0.2, -0.15) is 0 Å². The van der Waals surface area contributed by atoms with Crippen LogP contribution in [0.4, 0.5) is 0 Å². The van der Waals surface area contributed by atoms with E-state index in [2.05, 4.69) is 5.32 Å². The van der Waals surface area contributed by atoms with Crippen LogP contribution in [0.25, 0.3) is 6.08 Å². The van der Waals surface area contributed by atoms with E-state index in [0.717, 1.165) is 31.6 Å². The molecule has 3 heteroatoms. The molecule has 0 bridgehead atoms. The third-order valence-corrected chi connectivity index (χ3v) is 3.31. The fourth-order valence-corrected chi connectivity index (χ4v) is 2.33. The average Bonchev–Trinajstić information content (AvgIpc) is 2.86. The predicted octanol–water partition coefficient (Wildman–Crippen LogP) is 1.77. The minimum Gasteiger partial charge on any atom is -0.339 e. The van der Waals surface area contributed by atoms with Gasteiger partial charge in [0.15, 0.2) is 0 Å². The fraction of sp³-hybridized carbons (Fsp3) is 0.400. The van der Waals surface area contributed by atoms with E-state index < -0.39 is 0 Å². The first-order valence-corrected chi connectivity index (χ1v) is 6.46. The summed E-state index contributed by atoms with van der Waals surface area (Å²) in [6.45, 7) is 2.75. The second-order valence-electron chi connectivity index (χ2n) is 4.74. The number of nitrogens with one attached hydrogen (secondary N) is 1. The monoisotopic (exact) mass is 244 g/mol. The molecule has 1 unspecified atom stereocenters. The average molecular weight is 244 g/mol. The van der Waals surface area contributed by atoms with Crippen LogP contribution in [0.5, 0.6) is 0 Å². The standard InChI is InChI=1S/C15H20N2O/c1-16-11-14-9-10-17(12-14)15(18)8-7-13-5-3-2-4-6-13/h2-8,14,16H,9-12H2,1H3. The second kappa shape index (κ2) is 6.36. The molecular weight excluding hydrogens is 224 g/mol. The Morgan fingerprint density at radius 2 is 2.22 bits per heavy atom. The third-order valence-electron chi connectivity index (χ3n) is 3.31. The molecule has 0 saturated carbocycles. The summed E-state index contributed by atoms with van der Waals surface area (Å²) in [7, 11) is 1.96. The van der Waals surface area contributed by atoms with E-state index in [9.17, 15) is 4.79 Å². The van der Waals surface area contributed by atoms with Gasteiger partial charge < -0.3 is 10.2 Å². The molecule has 1 heterocycles. The lowest BCUT2D eigenvalue weighted by molar-refractivity contribution is -0.125. The zero-order chi connectivity index (χ0) is 12.8. The lowest BCUT2D eigenvalue weighted by atomic mass is 10.1. The summed E-state index contributed by atoms with van der Waals surface area (Å²) in [6.07, 6.45) is 4.66. The molecule has 18 heavy (non-hydrogen) atoms. The number of hydrogen-bond acceptors (Lipinski definition) is 2. The van der Waals surface area contributed by atoms with Crippen molar-refractivity contribution in [3.63, 3.8) is 0 Å². The molecule has 0 spiro atoms. The maximum absolute atomic E-state index is 12.0. The largest absolute Gasteiger partial charge is 0.339 e. The SMILES string of the molecule is CNCC1CCN(C(=O)C=Cc2ccccc2)C1. The van der Waals surface area contributed by atoms with E-state index in [1.54, 1.807) is 6.08 Å². The molecule has 1 saturated heterocycles. The van der Waals surface area contributed by atoms with E-state index in [1.807, 2.05) is 48.4 Å². The molecule has 3 nitrogen and oxygen atoms in total. The predicted molar refractivity (Wildman–Crippen MR) is 74.1 cm³/mol. The van der Waals surface area contributed by atoms with Crippen LogP contribution in [-0.4, -0.2) is 37.5 Å². The summed E-state index contributed by atoms with van der Waals surface area (Å²) >= 11 is 0. The van der Waals surface area contributed by atoms with Crippen LogP contribution in [0.3, 0.4) is 0 Å². The van der Waals surface area contributed by atoms with E-state index in [4.69, 9.17) is 0 Å². The van der Waals surface area contributed by atoms with Crippen molar-refractivity contribution in [3.05, 3.63) is 42.0 Å². The van der Waals surface area contributed by atoms with Crippen LogP contribution in [0.15, 0.2) is 36.4 Å². The Hall–Kier alpha value is -1.61. The number of carbonyl (C=O) groups excluding carboxylic acids is 1. The Labute approximate surface area is 108 Å². The second-order valence-corrected chi connectivity index (χ2v) is 4.74. The molecule has 1 aromatic rings. The summed E-state index contributed by atoms with van der Waals surface area (Å²) in [6, 6.07) is 9.92. The third kappa shape index (κ3) is 3.44. The van der Waals surface area contributed by atoms with Crippen molar-refractivity contribution >= 4 is 12.0 Å². The highest BCUT2D eigenvalue weighted by molar-refractivity contribution is 5.91. The molecule has 1 aromatic carbocycles. The van der Waals surface area contributed by atoms with Crippen LogP contribution >= 0.6 is 0 Å². The molecule has 1 N–H and O–H groups in total. The number of amides is 1. The molecule has 1 aliphatic rings. The lowest BCUT2D eigenvalue weighted by Gasteiger charge is -2.14. The smallest absolute Gasteiger partial charge is 0.246 e. The zero-order valence-corrected chi connectivity index (χ0v) is 10.8. The van der Waals surface area contributed by atoms with Gasteiger partial charge in [0, 0.05) is 19.2 Å². The van der Waals surface area contributed by atoms with Crippen molar-refractivity contribution in [2.24, 2.45) is 5.92 Å². The van der Waals surface area contributed by atoms with E-state index >= 15 is 0 Å². The number of likely N-dealkylation sites (tertiary alicyclic amines) is 1. The molecule has 0 aliphatic carbocycles. The molecule has 1 atom stereocenters. The Morgan fingerprint density at radius 3 is 2.94 bits per heavy atom. The Bertz CT molecular complexity index is 414. The van der Waals surface area contributed by atoms with Gasteiger partial charge in [-0.3, -0.25) is 4.79 Å². The highest BCUT2D eigenvalue weighted by Crippen LogP contribution is 2.15. The quantitative estimate of drug-likeness (QED) is 0.819. The highest BCUT2D eigenvalue weighted by atomic mass is 16.2. The van der Waals surface area contributed by atoms with Crippen LogP contribution in [0.1, 0.15) is 12.0 Å². The van der Waals surface area contributed by atoms with Gasteiger partial charge in [0.2, 0.25) is 5.91 Å². The van der Waals surface area contributed by atoms with Crippen molar-refractivity contribution in [1.29, 1.82) is 0 Å². The first kappa shape index (κ1) is 12.8. The molecule has 1 aliphatic heterocycles. The lowest BCUT2D eigenvalue weighted by Crippen LogP contribution is -2.28. The van der Waals surface area contributed by atoms with Crippen LogP contribution in [-0.2, 0) is 4.79 Å². The summed E-state index contributed by atoms with van der Waals surface area (Å²) in [5.74, 6) is 0.724. The number of hydrogen-bond donors (Lipinski definition) is 1. The van der Waals surface area contributed by atoms with Gasteiger partial charge in [-0.1, -0.05) is 30.3 Å². The molecule has 0 aromatic heterocycles. The van der Waals surface area contributed by atoms with Gasteiger partial charge in [0.1, 0.15) is 0 Å². The normalized spacial score (nSPS) is 19.6. The summed E-state index contributed by atoms with van der Waals surface area (Å²) in [5.41, 5.74) is 1.07. The Morgan fingerprint density at radius 1 is 1.44 bits per heavy atom. The van der Waals surface area contributed by atoms with Crippen molar-refractivity contribution in [3.8, 4) is 0 Å². The molecule has 0 radical (unpaired) electrons. The topological polar surface area (TPSA) is 32.3 Å². The van der Waals surface area contributed by atoms with Gasteiger partial charge in [-0.25, -0.2) is 0 Å². The van der Waals surface area contributed by atoms with Crippen molar-refractivity contribution in [1.82, 2.24) is 10.2 Å². The first-order chi connectivity index (χ1) is 8.79. The maximum Gasteiger partial charge on any atom is 0.246 e. The number of nitrogens with zero attached hydrogens (tertiary/aromatic N) is 1. The number of benzene rings is 1. The molecular formula is C15H20N2O. The summed E-state index contributed by atoms with van der Waals surface area (Å²) in [5, 5.41) is 3.17. The minimum absolute atomic E-state index is 0.123. The zero-order valence-electron chi connectivity index (χ0n) is 10.8. The van der Waals surface area contributed by atoms with Crippen LogP contribution in [0, 0.1) is 5.92 Å². The molecule has 1 amide bonds. The van der Waals surface area contributed by atoms with Gasteiger partial charge in [-0.05, 0) is 37.6 Å². The Balaban J connectivity index is 1.87. The van der Waals surface area contributed by atoms with Gasteiger partial charge in [-0.15, -0.1) is 0 Å². The van der Waals surface area contributed by atoms with Crippen LogP contribution in [0.2, 0.25) is 0 Å². The van der Waals surface area contributed by atoms with Gasteiger partial charge >= 0.3 is 0 Å². The summed E-state index contributed by atoms with van der Waals surface area (Å²) in [4.78, 5) is 13.9. The molecule has 1 fully saturated rings. The van der Waals surface area contributed by atoms with Gasteiger partial charge in [0.05, 0.1) is 0 Å². The number of rotatable bonds is 4. The van der Waals surface area contributed by atoms with E-state index in [-0.39, 0.29) is 5.91 Å². The minimum atomic E-state index is 0.123. The highest BCUT2D eigenvalue weighted by Gasteiger charge is 2.24. The van der Waals surface area contributed by atoms with Crippen LogP contribution < -0.4 is 5.32 Å². The maximum atomic E-state index is 12.0. The Kier molecular flexibility index (Phi) is 4.53. The van der Waals surface area contributed by atoms with Gasteiger partial charge in [0.25, 0.3) is 0 Å².